The quantitative estimate of drug-likeness (QED) is 0.0197. The van der Waals surface area contributed by atoms with Crippen molar-refractivity contribution < 1.29 is 52.2 Å². The monoisotopic (exact) mass is 1030 g/mol. The molecular formula is C60H107O11P. The van der Waals surface area contributed by atoms with Gasteiger partial charge in [-0.2, -0.15) is 0 Å². The number of hydrogen-bond donors (Lipinski definition) is 2. The second kappa shape index (κ2) is 54.4. The van der Waals surface area contributed by atoms with Crippen molar-refractivity contribution in [1.29, 1.82) is 0 Å². The number of phosphoric acid groups is 1. The van der Waals surface area contributed by atoms with Crippen LogP contribution >= 0.6 is 7.82 Å². The van der Waals surface area contributed by atoms with Gasteiger partial charge in [0, 0.05) is 19.3 Å². The van der Waals surface area contributed by atoms with Gasteiger partial charge in [-0.1, -0.05) is 223 Å². The summed E-state index contributed by atoms with van der Waals surface area (Å²) in [6, 6.07) is 0. The predicted molar refractivity (Wildman–Crippen MR) is 298 cm³/mol. The fourth-order valence-corrected chi connectivity index (χ4v) is 8.71. The van der Waals surface area contributed by atoms with Crippen LogP contribution in [0.5, 0.6) is 0 Å². The minimum absolute atomic E-state index is 0.150. The van der Waals surface area contributed by atoms with E-state index in [4.69, 9.17) is 23.3 Å². The first-order valence-corrected chi connectivity index (χ1v) is 30.7. The summed E-state index contributed by atoms with van der Waals surface area (Å²) in [6.07, 6.45) is 58.9. The van der Waals surface area contributed by atoms with Gasteiger partial charge in [-0.3, -0.25) is 23.4 Å². The summed E-state index contributed by atoms with van der Waals surface area (Å²) in [5.41, 5.74) is 0. The second-order valence-corrected chi connectivity index (χ2v) is 20.9. The van der Waals surface area contributed by atoms with Crippen LogP contribution in [0, 0.1) is 0 Å². The zero-order valence-electron chi connectivity index (χ0n) is 46.1. The lowest BCUT2D eigenvalue weighted by atomic mass is 10.0. The normalized spacial score (nSPS) is 13.8. The van der Waals surface area contributed by atoms with Gasteiger partial charge in [0.05, 0.1) is 19.8 Å². The molecule has 0 aromatic carbocycles. The Hall–Kier alpha value is -2.82. The predicted octanol–water partition coefficient (Wildman–Crippen LogP) is 17.1. The Bertz CT molecular complexity index is 1440. The fourth-order valence-electron chi connectivity index (χ4n) is 7.93. The summed E-state index contributed by atoms with van der Waals surface area (Å²) in [6.45, 7) is 4.54. The summed E-state index contributed by atoms with van der Waals surface area (Å²) < 4.78 is 39.5. The number of ether oxygens (including phenoxy) is 3. The maximum atomic E-state index is 12.9. The standard InChI is InChI=1S/C60H107O11P/c1-4-7-10-13-16-19-22-25-26-27-28-29-30-33-36-39-42-45-48-51-60(64)71-57(53-67-58(62)49-46-43-40-37-34-31-23-20-17-14-11-8-5-2)55-69-72(65,66)68-54-56(52-61)70-59(63)50-47-44-41-38-35-32-24-21-18-15-12-9-6-3/h11,14,16,19-20,23,25-26,28-29,56-57,61H,4-10,12-13,15,17-18,21-22,24,27,30-55H2,1-3H3,(H,65,66)/b14-11-,19-16-,23-20-,26-25-,29-28-. The average Bonchev–Trinajstić information content (AvgIpc) is 3.37. The van der Waals surface area contributed by atoms with Crippen molar-refractivity contribution in [2.45, 2.75) is 277 Å². The molecule has 0 aliphatic rings. The Kier molecular flexibility index (Phi) is 52.3. The molecule has 0 rings (SSSR count). The summed E-state index contributed by atoms with van der Waals surface area (Å²) in [7, 11) is -4.75. The van der Waals surface area contributed by atoms with Crippen LogP contribution in [-0.2, 0) is 42.2 Å². The van der Waals surface area contributed by atoms with Crippen LogP contribution in [-0.4, -0.2) is 66.5 Å². The van der Waals surface area contributed by atoms with Crippen LogP contribution in [0.3, 0.4) is 0 Å². The Balaban J connectivity index is 4.74. The molecule has 0 aliphatic heterocycles. The number of hydrogen-bond acceptors (Lipinski definition) is 10. The maximum absolute atomic E-state index is 12.9. The number of esters is 3. The van der Waals surface area contributed by atoms with Crippen LogP contribution in [0.1, 0.15) is 265 Å². The van der Waals surface area contributed by atoms with Gasteiger partial charge in [0.2, 0.25) is 0 Å². The summed E-state index contributed by atoms with van der Waals surface area (Å²) in [4.78, 5) is 48.5. The molecule has 72 heavy (non-hydrogen) atoms. The van der Waals surface area contributed by atoms with E-state index in [0.29, 0.717) is 19.3 Å². The number of carbonyl (C=O) groups excluding carboxylic acids is 3. The third kappa shape index (κ3) is 52.1. The van der Waals surface area contributed by atoms with Crippen molar-refractivity contribution in [3.63, 3.8) is 0 Å². The first-order chi connectivity index (χ1) is 35.2. The molecule has 0 aromatic heterocycles. The minimum Gasteiger partial charge on any atom is -0.462 e. The summed E-state index contributed by atoms with van der Waals surface area (Å²) >= 11 is 0. The van der Waals surface area contributed by atoms with Crippen molar-refractivity contribution in [3.05, 3.63) is 60.8 Å². The molecule has 2 N–H and O–H groups in total. The number of aliphatic hydroxyl groups excluding tert-OH is 1. The second-order valence-electron chi connectivity index (χ2n) is 19.5. The van der Waals surface area contributed by atoms with Crippen molar-refractivity contribution in [1.82, 2.24) is 0 Å². The van der Waals surface area contributed by atoms with E-state index < -0.39 is 57.8 Å². The van der Waals surface area contributed by atoms with E-state index in [2.05, 4.69) is 81.5 Å². The largest absolute Gasteiger partial charge is 0.472 e. The molecule has 3 atom stereocenters. The molecular weight excluding hydrogens is 928 g/mol. The van der Waals surface area contributed by atoms with Crippen LogP contribution in [0.15, 0.2) is 60.8 Å². The number of allylic oxidation sites excluding steroid dienone is 10. The highest BCUT2D eigenvalue weighted by Gasteiger charge is 2.28. The minimum atomic E-state index is -4.75. The highest BCUT2D eigenvalue weighted by Crippen LogP contribution is 2.43. The van der Waals surface area contributed by atoms with Crippen molar-refractivity contribution >= 4 is 25.7 Å². The Morgan fingerprint density at radius 1 is 0.389 bits per heavy atom. The molecule has 12 heteroatoms. The molecule has 0 aliphatic carbocycles. The third-order valence-corrected chi connectivity index (χ3v) is 13.3. The van der Waals surface area contributed by atoms with Gasteiger partial charge in [-0.05, 0) is 83.5 Å². The first-order valence-electron chi connectivity index (χ1n) is 29.2. The molecule has 418 valence electrons. The van der Waals surface area contributed by atoms with E-state index in [1.165, 1.54) is 89.9 Å². The van der Waals surface area contributed by atoms with E-state index in [0.717, 1.165) is 116 Å². The fraction of sp³-hybridized carbons (Fsp3) is 0.783. The van der Waals surface area contributed by atoms with E-state index in [9.17, 15) is 28.9 Å². The van der Waals surface area contributed by atoms with Crippen LogP contribution in [0.2, 0.25) is 0 Å². The maximum Gasteiger partial charge on any atom is 0.472 e. The number of unbranched alkanes of at least 4 members (excludes halogenated alkanes) is 27. The molecule has 0 heterocycles. The van der Waals surface area contributed by atoms with Crippen molar-refractivity contribution in [3.8, 4) is 0 Å². The van der Waals surface area contributed by atoms with Crippen LogP contribution < -0.4 is 0 Å². The number of aliphatic hydroxyl groups is 1. The Morgan fingerprint density at radius 3 is 1.12 bits per heavy atom. The lowest BCUT2D eigenvalue weighted by molar-refractivity contribution is -0.161. The smallest absolute Gasteiger partial charge is 0.462 e. The molecule has 0 saturated carbocycles. The van der Waals surface area contributed by atoms with Gasteiger partial charge in [0.25, 0.3) is 0 Å². The molecule has 0 fully saturated rings. The molecule has 0 radical (unpaired) electrons. The highest BCUT2D eigenvalue weighted by atomic mass is 31.2. The molecule has 0 bridgehead atoms. The van der Waals surface area contributed by atoms with Gasteiger partial charge in [0.15, 0.2) is 6.10 Å². The molecule has 11 nitrogen and oxygen atoms in total. The molecule has 3 unspecified atom stereocenters. The Morgan fingerprint density at radius 2 is 0.708 bits per heavy atom. The SMILES string of the molecule is CCC/C=C\C/C=C\CCCCCCCC(=O)OCC(COP(=O)(O)OCC(CO)OC(=O)CCCCCCCCCCCCCCC)OC(=O)CCCCCCCC/C=C\C/C=C\C/C=C\CCCCC. The summed E-state index contributed by atoms with van der Waals surface area (Å²) in [5.74, 6) is -1.49. The zero-order chi connectivity index (χ0) is 52.7. The lowest BCUT2D eigenvalue weighted by Crippen LogP contribution is -2.30. The van der Waals surface area contributed by atoms with E-state index in [-0.39, 0.29) is 25.9 Å². The van der Waals surface area contributed by atoms with Crippen molar-refractivity contribution in [2.75, 3.05) is 26.4 Å². The molecule has 0 spiro atoms. The average molecular weight is 1040 g/mol. The van der Waals surface area contributed by atoms with Gasteiger partial charge >= 0.3 is 25.7 Å². The first kappa shape index (κ1) is 69.2. The zero-order valence-corrected chi connectivity index (χ0v) is 47.0. The lowest BCUT2D eigenvalue weighted by Gasteiger charge is -2.21. The number of phosphoric ester groups is 1. The third-order valence-electron chi connectivity index (χ3n) is 12.4. The summed E-state index contributed by atoms with van der Waals surface area (Å²) in [5, 5.41) is 9.81. The van der Waals surface area contributed by atoms with E-state index in [1.807, 2.05) is 0 Å². The van der Waals surface area contributed by atoms with Gasteiger partial charge < -0.3 is 24.2 Å². The van der Waals surface area contributed by atoms with Gasteiger partial charge in [-0.25, -0.2) is 4.57 Å². The van der Waals surface area contributed by atoms with Crippen LogP contribution in [0.25, 0.3) is 0 Å². The topological polar surface area (TPSA) is 155 Å². The van der Waals surface area contributed by atoms with Crippen molar-refractivity contribution in [2.24, 2.45) is 0 Å². The molecule has 0 amide bonds. The van der Waals surface area contributed by atoms with Gasteiger partial charge in [-0.15, -0.1) is 0 Å². The van der Waals surface area contributed by atoms with Crippen LogP contribution in [0.4, 0.5) is 0 Å². The number of carbonyl (C=O) groups is 3. The highest BCUT2D eigenvalue weighted by molar-refractivity contribution is 7.47. The number of rotatable bonds is 54. The molecule has 0 saturated heterocycles. The Labute approximate surface area is 440 Å². The van der Waals surface area contributed by atoms with E-state index >= 15 is 0 Å². The van der Waals surface area contributed by atoms with E-state index in [1.54, 1.807) is 0 Å². The molecule has 0 aromatic rings. The van der Waals surface area contributed by atoms with Gasteiger partial charge in [0.1, 0.15) is 12.7 Å².